The van der Waals surface area contributed by atoms with Crippen LogP contribution >= 0.6 is 39.9 Å². The third kappa shape index (κ3) is 2.96. The molecule has 4 saturated carbocycles. The number of thioether (sulfide) groups is 1. The fourth-order valence-corrected chi connectivity index (χ4v) is 8.11. The molecule has 7 rings (SSSR count). The van der Waals surface area contributed by atoms with Crippen molar-refractivity contribution in [3.8, 4) is 0 Å². The van der Waals surface area contributed by atoms with E-state index in [1.165, 1.54) is 50.1 Å². The summed E-state index contributed by atoms with van der Waals surface area (Å²) in [6, 6.07) is 5.58. The number of amides is 1. The molecule has 4 bridgehead atoms. The molecule has 30 heavy (non-hydrogen) atoms. The van der Waals surface area contributed by atoms with E-state index in [9.17, 15) is 9.59 Å². The highest BCUT2D eigenvalue weighted by molar-refractivity contribution is 9.10. The zero-order valence-corrected chi connectivity index (χ0v) is 19.4. The molecule has 1 aromatic heterocycles. The summed E-state index contributed by atoms with van der Waals surface area (Å²) < 4.78 is 7.09. The summed E-state index contributed by atoms with van der Waals surface area (Å²) in [6.45, 7) is 0. The van der Waals surface area contributed by atoms with Gasteiger partial charge in [0, 0.05) is 10.5 Å². The molecule has 4 nitrogen and oxygen atoms in total. The molecule has 1 amide bonds. The number of halogens is 1. The summed E-state index contributed by atoms with van der Waals surface area (Å²) in [5, 5.41) is 0.495. The van der Waals surface area contributed by atoms with Crippen LogP contribution in [0.1, 0.15) is 37.7 Å². The minimum Gasteiger partial charge on any atom is -0.463 e. The Labute approximate surface area is 192 Å². The van der Waals surface area contributed by atoms with Crippen molar-refractivity contribution >= 4 is 67.2 Å². The Morgan fingerprint density at radius 2 is 1.80 bits per heavy atom. The van der Waals surface area contributed by atoms with Crippen LogP contribution in [0.25, 0.3) is 17.0 Å². The number of hydrogen-bond acceptors (Lipinski definition) is 5. The van der Waals surface area contributed by atoms with E-state index in [4.69, 9.17) is 16.6 Å². The molecule has 1 saturated heterocycles. The van der Waals surface area contributed by atoms with Crippen LogP contribution < -0.4 is 5.43 Å². The van der Waals surface area contributed by atoms with Crippen molar-refractivity contribution < 1.29 is 9.21 Å². The first kappa shape index (κ1) is 19.3. The zero-order valence-electron chi connectivity index (χ0n) is 16.2. The minimum atomic E-state index is -0.141. The first-order chi connectivity index (χ1) is 14.5. The predicted molar refractivity (Wildman–Crippen MR) is 126 cm³/mol. The Kier molecular flexibility index (Phi) is 4.52. The summed E-state index contributed by atoms with van der Waals surface area (Å²) >= 11 is 10.4. The topological polar surface area (TPSA) is 50.5 Å². The summed E-state index contributed by atoms with van der Waals surface area (Å²) in [6.07, 6.45) is 9.41. The Hall–Kier alpha value is -1.44. The van der Waals surface area contributed by atoms with Gasteiger partial charge in [0.25, 0.3) is 5.91 Å². The van der Waals surface area contributed by atoms with E-state index < -0.39 is 0 Å². The number of carbonyl (C=O) groups excluding carboxylic acids is 1. The van der Waals surface area contributed by atoms with Crippen molar-refractivity contribution in [2.24, 2.45) is 23.7 Å². The monoisotopic (exact) mass is 501 g/mol. The number of carbonyl (C=O) groups is 1. The average molecular weight is 502 g/mol. The second-order valence-corrected chi connectivity index (χ2v) is 11.7. The molecule has 0 spiro atoms. The molecular formula is C23H20BrNO3S2. The van der Waals surface area contributed by atoms with E-state index in [2.05, 4.69) is 15.9 Å². The van der Waals surface area contributed by atoms with Crippen LogP contribution in [-0.2, 0) is 4.79 Å². The molecule has 0 radical (unpaired) electrons. The van der Waals surface area contributed by atoms with Crippen molar-refractivity contribution in [1.82, 2.24) is 4.90 Å². The lowest BCUT2D eigenvalue weighted by Crippen LogP contribution is -2.57. The Bertz CT molecular complexity index is 1160. The van der Waals surface area contributed by atoms with Crippen LogP contribution in [0.5, 0.6) is 0 Å². The van der Waals surface area contributed by atoms with Crippen LogP contribution in [0.2, 0.25) is 0 Å². The maximum absolute atomic E-state index is 13.4. The lowest BCUT2D eigenvalue weighted by atomic mass is 9.54. The molecule has 7 heteroatoms. The van der Waals surface area contributed by atoms with Crippen LogP contribution in [0.3, 0.4) is 0 Å². The number of thiocarbonyl (C=S) groups is 1. The fourth-order valence-electron chi connectivity index (χ4n) is 6.41. The first-order valence-electron chi connectivity index (χ1n) is 10.5. The van der Waals surface area contributed by atoms with Crippen LogP contribution in [0, 0.1) is 23.7 Å². The van der Waals surface area contributed by atoms with Gasteiger partial charge in [-0.25, -0.2) is 0 Å². The number of rotatable bonds is 2. The van der Waals surface area contributed by atoms with Crippen molar-refractivity contribution in [2.45, 2.75) is 38.1 Å². The molecule has 2 heterocycles. The molecule has 0 N–H and O–H groups in total. The van der Waals surface area contributed by atoms with Crippen molar-refractivity contribution in [3.05, 3.63) is 49.6 Å². The molecule has 5 aliphatic rings. The zero-order chi connectivity index (χ0) is 20.6. The van der Waals surface area contributed by atoms with E-state index in [0.29, 0.717) is 37.6 Å². The summed E-state index contributed by atoms with van der Waals surface area (Å²) in [4.78, 5) is 28.7. The van der Waals surface area contributed by atoms with E-state index in [0.717, 1.165) is 16.3 Å². The summed E-state index contributed by atoms with van der Waals surface area (Å²) in [5.41, 5.74) is 0.769. The predicted octanol–water partition coefficient (Wildman–Crippen LogP) is 5.58. The Morgan fingerprint density at radius 3 is 2.50 bits per heavy atom. The molecule has 0 atom stereocenters. The summed E-state index contributed by atoms with van der Waals surface area (Å²) in [5.74, 6) is 2.80. The van der Waals surface area contributed by atoms with Gasteiger partial charge in [-0.3, -0.25) is 14.5 Å². The lowest BCUT2D eigenvalue weighted by Gasteiger charge is -2.56. The van der Waals surface area contributed by atoms with Gasteiger partial charge in [0.05, 0.1) is 15.9 Å². The standard InChI is InChI=1S/C23H20BrNO3S2/c24-16-1-2-18-17(9-16)21(26)15(10-28-18)8-19-22(27)25(23(29)30-19)20-13-4-11-3-12(6-13)7-14(20)5-11/h1-2,8-14,20H,3-7H2/b19-8-. The number of hydrogen-bond donors (Lipinski definition) is 0. The third-order valence-electron chi connectivity index (χ3n) is 7.35. The quantitative estimate of drug-likeness (QED) is 0.397. The minimum absolute atomic E-state index is 0.0452. The van der Waals surface area contributed by atoms with Crippen LogP contribution in [-0.4, -0.2) is 21.2 Å². The maximum Gasteiger partial charge on any atom is 0.266 e. The van der Waals surface area contributed by atoms with Gasteiger partial charge in [-0.15, -0.1) is 0 Å². The fraction of sp³-hybridized carbons (Fsp3) is 0.435. The number of fused-ring (bicyclic) bond motifs is 1. The number of nitrogens with zero attached hydrogens (tertiary/aromatic N) is 1. The Balaban J connectivity index is 1.34. The molecule has 0 unspecified atom stereocenters. The second kappa shape index (κ2) is 7.04. The van der Waals surface area contributed by atoms with Crippen molar-refractivity contribution in [2.75, 3.05) is 0 Å². The van der Waals surface area contributed by atoms with E-state index in [1.807, 2.05) is 11.0 Å². The van der Waals surface area contributed by atoms with Crippen LogP contribution in [0.15, 0.2) is 43.1 Å². The first-order valence-corrected chi connectivity index (χ1v) is 12.5. The summed E-state index contributed by atoms with van der Waals surface area (Å²) in [7, 11) is 0. The second-order valence-electron chi connectivity index (χ2n) is 9.13. The normalized spacial score (nSPS) is 34.0. The van der Waals surface area contributed by atoms with Crippen LogP contribution in [0.4, 0.5) is 0 Å². The Morgan fingerprint density at radius 1 is 1.10 bits per heavy atom. The van der Waals surface area contributed by atoms with Gasteiger partial charge in [-0.1, -0.05) is 39.9 Å². The van der Waals surface area contributed by atoms with Gasteiger partial charge in [-0.05, 0) is 80.1 Å². The van der Waals surface area contributed by atoms with E-state index in [1.54, 1.807) is 18.2 Å². The van der Waals surface area contributed by atoms with E-state index >= 15 is 0 Å². The maximum atomic E-state index is 13.4. The van der Waals surface area contributed by atoms with Gasteiger partial charge in [0.15, 0.2) is 5.43 Å². The molecule has 154 valence electrons. The molecule has 5 fully saturated rings. The van der Waals surface area contributed by atoms with Crippen molar-refractivity contribution in [3.63, 3.8) is 0 Å². The third-order valence-corrected chi connectivity index (χ3v) is 9.17. The molecule has 4 aliphatic carbocycles. The lowest BCUT2D eigenvalue weighted by molar-refractivity contribution is -0.130. The van der Waals surface area contributed by atoms with Gasteiger partial charge in [0.1, 0.15) is 16.2 Å². The van der Waals surface area contributed by atoms with Crippen molar-refractivity contribution in [1.29, 1.82) is 0 Å². The molecule has 1 aromatic carbocycles. The SMILES string of the molecule is O=C1/C(=C/c2coc3ccc(Br)cc3c2=O)SC(=S)N1C1C2CC3CC(C2)CC1C3. The van der Waals surface area contributed by atoms with Gasteiger partial charge in [-0.2, -0.15) is 0 Å². The molecule has 2 aromatic rings. The highest BCUT2D eigenvalue weighted by Crippen LogP contribution is 2.56. The highest BCUT2D eigenvalue weighted by Gasteiger charge is 2.53. The smallest absolute Gasteiger partial charge is 0.266 e. The van der Waals surface area contributed by atoms with Gasteiger partial charge < -0.3 is 4.42 Å². The van der Waals surface area contributed by atoms with E-state index in [-0.39, 0.29) is 17.4 Å². The average Bonchev–Trinajstić information content (AvgIpc) is 2.97. The molecular weight excluding hydrogens is 482 g/mol. The molecule has 1 aliphatic heterocycles. The highest BCUT2D eigenvalue weighted by atomic mass is 79.9. The largest absolute Gasteiger partial charge is 0.463 e. The van der Waals surface area contributed by atoms with Gasteiger partial charge in [0.2, 0.25) is 0 Å². The van der Waals surface area contributed by atoms with Gasteiger partial charge >= 0.3 is 0 Å². The number of benzene rings is 1.